The topological polar surface area (TPSA) is 83.6 Å². The van der Waals surface area contributed by atoms with E-state index in [1.165, 1.54) is 19.1 Å². The lowest BCUT2D eigenvalue weighted by Gasteiger charge is -2.26. The molecule has 0 bridgehead atoms. The average molecular weight is 451 g/mol. The zero-order valence-corrected chi connectivity index (χ0v) is 19.4. The summed E-state index contributed by atoms with van der Waals surface area (Å²) in [6.45, 7) is 6.63. The smallest absolute Gasteiger partial charge is 0.264 e. The summed E-state index contributed by atoms with van der Waals surface area (Å²) in [5.41, 5.74) is 3.96. The number of aryl methyl sites for hydroxylation is 2. The number of hydrogen-bond donors (Lipinski definition) is 1. The van der Waals surface area contributed by atoms with Gasteiger partial charge in [-0.2, -0.15) is 0 Å². The number of nitrogens with zero attached hydrogens (tertiary/aromatic N) is 1. The van der Waals surface area contributed by atoms with Crippen molar-refractivity contribution in [2.45, 2.75) is 32.6 Å². The Balaban J connectivity index is 1.98. The van der Waals surface area contributed by atoms with Gasteiger partial charge in [0.1, 0.15) is 6.54 Å². The fourth-order valence-corrected chi connectivity index (χ4v) is 4.77. The molecule has 0 radical (unpaired) electrons. The van der Waals surface area contributed by atoms with Gasteiger partial charge in [0.15, 0.2) is 5.78 Å². The molecule has 3 aromatic carbocycles. The van der Waals surface area contributed by atoms with Crippen molar-refractivity contribution in [2.75, 3.05) is 16.2 Å². The first-order valence-electron chi connectivity index (χ1n) is 10.2. The van der Waals surface area contributed by atoms with Crippen LogP contribution in [0.5, 0.6) is 0 Å². The molecule has 0 saturated heterocycles. The molecule has 32 heavy (non-hydrogen) atoms. The van der Waals surface area contributed by atoms with Crippen molar-refractivity contribution in [1.29, 1.82) is 0 Å². The molecule has 3 aromatic rings. The lowest BCUT2D eigenvalue weighted by Crippen LogP contribution is -2.38. The van der Waals surface area contributed by atoms with Gasteiger partial charge in [0, 0.05) is 11.3 Å². The minimum atomic E-state index is -4.00. The molecule has 0 saturated carbocycles. The molecule has 166 valence electrons. The number of carbonyl (C=O) groups excluding carboxylic acids is 2. The van der Waals surface area contributed by atoms with Gasteiger partial charge < -0.3 is 5.32 Å². The van der Waals surface area contributed by atoms with Crippen molar-refractivity contribution in [3.8, 4) is 0 Å². The lowest BCUT2D eigenvalue weighted by molar-refractivity contribution is -0.114. The molecule has 0 atom stereocenters. The van der Waals surface area contributed by atoms with Crippen LogP contribution >= 0.6 is 0 Å². The first-order valence-corrected chi connectivity index (χ1v) is 11.6. The van der Waals surface area contributed by atoms with E-state index in [2.05, 4.69) is 5.32 Å². The third-order valence-corrected chi connectivity index (χ3v) is 7.07. The standard InChI is InChI=1S/C25H26N2O4S/c1-17-11-13-23(14-12-17)32(30,31)27(24-10-5-7-18(2)19(24)3)16-25(29)26-22-9-6-8-21(15-22)20(4)28/h5-15H,16H2,1-4H3,(H,26,29). The van der Waals surface area contributed by atoms with Gasteiger partial charge in [0.2, 0.25) is 5.91 Å². The van der Waals surface area contributed by atoms with E-state index < -0.39 is 22.5 Å². The van der Waals surface area contributed by atoms with Crippen LogP contribution in [0.25, 0.3) is 0 Å². The van der Waals surface area contributed by atoms with E-state index in [0.29, 0.717) is 16.9 Å². The van der Waals surface area contributed by atoms with E-state index >= 15 is 0 Å². The highest BCUT2D eigenvalue weighted by Gasteiger charge is 2.28. The number of anilines is 2. The largest absolute Gasteiger partial charge is 0.324 e. The van der Waals surface area contributed by atoms with Gasteiger partial charge in [-0.05, 0) is 69.2 Å². The number of benzene rings is 3. The summed E-state index contributed by atoms with van der Waals surface area (Å²) in [6.07, 6.45) is 0. The zero-order chi connectivity index (χ0) is 23.5. The van der Waals surface area contributed by atoms with Crippen molar-refractivity contribution in [1.82, 2.24) is 0 Å². The van der Waals surface area contributed by atoms with Gasteiger partial charge in [0.05, 0.1) is 10.6 Å². The first kappa shape index (κ1) is 23.2. The number of sulfonamides is 1. The average Bonchev–Trinajstić information content (AvgIpc) is 2.74. The predicted octanol–water partition coefficient (Wildman–Crippen LogP) is 4.65. The van der Waals surface area contributed by atoms with Crippen LogP contribution in [0.3, 0.4) is 0 Å². The Labute approximate surface area is 188 Å². The third kappa shape index (κ3) is 5.06. The summed E-state index contributed by atoms with van der Waals surface area (Å²) in [4.78, 5) is 24.6. The Morgan fingerprint density at radius 1 is 0.906 bits per heavy atom. The fourth-order valence-electron chi connectivity index (χ4n) is 3.29. The molecule has 0 heterocycles. The number of rotatable bonds is 7. The van der Waals surface area contributed by atoms with Gasteiger partial charge in [0.25, 0.3) is 10.0 Å². The summed E-state index contributed by atoms with van der Waals surface area (Å²) in [5.74, 6) is -0.637. The maximum absolute atomic E-state index is 13.5. The Morgan fingerprint density at radius 3 is 2.22 bits per heavy atom. The summed E-state index contributed by atoms with van der Waals surface area (Å²) in [5, 5.41) is 2.71. The Kier molecular flexibility index (Phi) is 6.79. The summed E-state index contributed by atoms with van der Waals surface area (Å²) in [7, 11) is -4.00. The van der Waals surface area contributed by atoms with Crippen LogP contribution in [-0.4, -0.2) is 26.7 Å². The van der Waals surface area contributed by atoms with E-state index in [1.54, 1.807) is 48.5 Å². The predicted molar refractivity (Wildman–Crippen MR) is 127 cm³/mol. The molecule has 0 spiro atoms. The highest BCUT2D eigenvalue weighted by atomic mass is 32.2. The molecule has 0 unspecified atom stereocenters. The van der Waals surface area contributed by atoms with E-state index in [0.717, 1.165) is 21.0 Å². The second kappa shape index (κ2) is 9.36. The molecule has 0 aliphatic rings. The quantitative estimate of drug-likeness (QED) is 0.531. The monoisotopic (exact) mass is 450 g/mol. The number of carbonyl (C=O) groups is 2. The van der Waals surface area contributed by atoms with Crippen molar-refractivity contribution in [3.05, 3.63) is 89.0 Å². The highest BCUT2D eigenvalue weighted by molar-refractivity contribution is 7.92. The summed E-state index contributed by atoms with van der Waals surface area (Å²) >= 11 is 0. The van der Waals surface area contributed by atoms with Crippen LogP contribution in [0.4, 0.5) is 11.4 Å². The van der Waals surface area contributed by atoms with Crippen LogP contribution in [0.2, 0.25) is 0 Å². The van der Waals surface area contributed by atoms with Gasteiger partial charge in [-0.25, -0.2) is 8.42 Å². The number of Topliss-reactive ketones (excluding diaryl/α,β-unsaturated/α-hetero) is 1. The van der Waals surface area contributed by atoms with Crippen molar-refractivity contribution >= 4 is 33.1 Å². The lowest BCUT2D eigenvalue weighted by atomic mass is 10.1. The van der Waals surface area contributed by atoms with Crippen molar-refractivity contribution in [3.63, 3.8) is 0 Å². The molecular weight excluding hydrogens is 424 g/mol. The minimum Gasteiger partial charge on any atom is -0.324 e. The van der Waals surface area contributed by atoms with E-state index in [9.17, 15) is 18.0 Å². The van der Waals surface area contributed by atoms with Crippen LogP contribution < -0.4 is 9.62 Å². The number of ketones is 1. The van der Waals surface area contributed by atoms with Gasteiger partial charge >= 0.3 is 0 Å². The zero-order valence-electron chi connectivity index (χ0n) is 18.5. The van der Waals surface area contributed by atoms with E-state index in [1.807, 2.05) is 26.8 Å². The summed E-state index contributed by atoms with van der Waals surface area (Å²) < 4.78 is 28.2. The van der Waals surface area contributed by atoms with Gasteiger partial charge in [-0.15, -0.1) is 0 Å². The molecule has 6 nitrogen and oxygen atoms in total. The fraction of sp³-hybridized carbons (Fsp3) is 0.200. The van der Waals surface area contributed by atoms with Crippen LogP contribution in [0, 0.1) is 20.8 Å². The Hall–Kier alpha value is -3.45. The maximum Gasteiger partial charge on any atom is 0.264 e. The first-order chi connectivity index (χ1) is 15.1. The third-order valence-electron chi connectivity index (χ3n) is 5.29. The molecule has 7 heteroatoms. The molecule has 0 aromatic heterocycles. The highest BCUT2D eigenvalue weighted by Crippen LogP contribution is 2.29. The molecule has 0 aliphatic heterocycles. The number of amides is 1. The molecule has 1 amide bonds. The van der Waals surface area contributed by atoms with Crippen LogP contribution in [0.15, 0.2) is 71.6 Å². The van der Waals surface area contributed by atoms with Crippen molar-refractivity contribution < 1.29 is 18.0 Å². The normalized spacial score (nSPS) is 11.1. The Bertz CT molecular complexity index is 1270. The second-order valence-electron chi connectivity index (χ2n) is 7.73. The second-order valence-corrected chi connectivity index (χ2v) is 9.59. The number of hydrogen-bond acceptors (Lipinski definition) is 4. The van der Waals surface area contributed by atoms with Crippen LogP contribution in [-0.2, 0) is 14.8 Å². The molecule has 3 rings (SSSR count). The van der Waals surface area contributed by atoms with E-state index in [-0.39, 0.29) is 10.7 Å². The minimum absolute atomic E-state index is 0.107. The maximum atomic E-state index is 13.5. The Morgan fingerprint density at radius 2 is 1.56 bits per heavy atom. The van der Waals surface area contributed by atoms with Gasteiger partial charge in [-0.1, -0.05) is 42.0 Å². The number of nitrogens with one attached hydrogen (secondary N) is 1. The molecular formula is C25H26N2O4S. The van der Waals surface area contributed by atoms with Crippen LogP contribution in [0.1, 0.15) is 34.0 Å². The molecule has 0 aliphatic carbocycles. The summed E-state index contributed by atoms with van der Waals surface area (Å²) in [6, 6.07) is 18.4. The van der Waals surface area contributed by atoms with Gasteiger partial charge in [-0.3, -0.25) is 13.9 Å². The van der Waals surface area contributed by atoms with E-state index in [4.69, 9.17) is 0 Å². The SMILES string of the molecule is CC(=O)c1cccc(NC(=O)CN(c2cccc(C)c2C)S(=O)(=O)c2ccc(C)cc2)c1. The molecule has 1 N–H and O–H groups in total. The van der Waals surface area contributed by atoms with Crippen molar-refractivity contribution in [2.24, 2.45) is 0 Å². The molecule has 0 fully saturated rings.